The topological polar surface area (TPSA) is 69.6 Å². The van der Waals surface area contributed by atoms with Gasteiger partial charge in [-0.1, -0.05) is 24.3 Å². The monoisotopic (exact) mass is 273 g/mol. The largest absolute Gasteiger partial charge is 0.382 e. The van der Waals surface area contributed by atoms with Crippen LogP contribution in [0.25, 0.3) is 11.2 Å². The van der Waals surface area contributed by atoms with Gasteiger partial charge in [0.25, 0.3) is 0 Å². The molecule has 0 aliphatic heterocycles. The summed E-state index contributed by atoms with van der Waals surface area (Å²) in [6.45, 7) is 2.75. The zero-order chi connectivity index (χ0) is 13.4. The summed E-state index contributed by atoms with van der Waals surface area (Å²) < 4.78 is 1.92. The van der Waals surface area contributed by atoms with Gasteiger partial charge in [0.05, 0.1) is 12.9 Å². The molecule has 2 heterocycles. The maximum Gasteiger partial charge on any atom is 0.226 e. The molecule has 0 fully saturated rings. The molecule has 0 amide bonds. The van der Waals surface area contributed by atoms with E-state index in [1.54, 1.807) is 6.33 Å². The Balaban J connectivity index is 2.09. The normalized spacial score (nSPS) is 11.1. The third kappa shape index (κ3) is 2.13. The first-order valence-electron chi connectivity index (χ1n) is 5.83. The Kier molecular flexibility index (Phi) is 2.83. The summed E-state index contributed by atoms with van der Waals surface area (Å²) in [4.78, 5) is 12.3. The van der Waals surface area contributed by atoms with Crippen molar-refractivity contribution in [3.05, 3.63) is 47.0 Å². The molecule has 0 unspecified atom stereocenters. The number of aromatic nitrogens is 4. The maximum absolute atomic E-state index is 5.84. The first kappa shape index (κ1) is 11.9. The van der Waals surface area contributed by atoms with Crippen molar-refractivity contribution < 1.29 is 0 Å². The van der Waals surface area contributed by atoms with Gasteiger partial charge in [0, 0.05) is 0 Å². The minimum atomic E-state index is 0.136. The molecule has 0 spiro atoms. The van der Waals surface area contributed by atoms with Gasteiger partial charge < -0.3 is 10.3 Å². The number of nitrogens with two attached hydrogens (primary N) is 1. The molecule has 0 bridgehead atoms. The third-order valence-corrected chi connectivity index (χ3v) is 3.23. The van der Waals surface area contributed by atoms with Crippen LogP contribution in [-0.2, 0) is 6.54 Å². The fourth-order valence-electron chi connectivity index (χ4n) is 2.03. The molecule has 3 aromatic rings. The highest BCUT2D eigenvalue weighted by atomic mass is 35.5. The van der Waals surface area contributed by atoms with Gasteiger partial charge in [-0.05, 0) is 29.7 Å². The first-order valence-corrected chi connectivity index (χ1v) is 6.21. The summed E-state index contributed by atoms with van der Waals surface area (Å²) in [6, 6.07) is 8.18. The van der Waals surface area contributed by atoms with Crippen LogP contribution in [0.5, 0.6) is 0 Å². The van der Waals surface area contributed by atoms with Crippen LogP contribution in [0.2, 0.25) is 5.28 Å². The first-order chi connectivity index (χ1) is 9.15. The molecule has 0 saturated heterocycles. The Morgan fingerprint density at radius 3 is 2.84 bits per heavy atom. The van der Waals surface area contributed by atoms with Crippen LogP contribution in [0, 0.1) is 6.92 Å². The van der Waals surface area contributed by atoms with Gasteiger partial charge in [-0.15, -0.1) is 0 Å². The number of nitrogen functional groups attached to an aromatic ring is 1. The number of halogens is 1. The van der Waals surface area contributed by atoms with E-state index < -0.39 is 0 Å². The predicted octanol–water partition coefficient (Wildman–Crippen LogP) is 2.42. The van der Waals surface area contributed by atoms with E-state index in [1.807, 2.05) is 16.7 Å². The van der Waals surface area contributed by atoms with Crippen molar-refractivity contribution in [3.8, 4) is 0 Å². The van der Waals surface area contributed by atoms with Gasteiger partial charge in [0.1, 0.15) is 5.52 Å². The Bertz CT molecular complexity index is 750. The number of nitrogens with zero attached hydrogens (tertiary/aromatic N) is 4. The van der Waals surface area contributed by atoms with Gasteiger partial charge in [0.15, 0.2) is 11.5 Å². The summed E-state index contributed by atoms with van der Waals surface area (Å²) in [6.07, 6.45) is 1.71. The minimum Gasteiger partial charge on any atom is -0.382 e. The number of hydrogen-bond donors (Lipinski definition) is 1. The number of aryl methyl sites for hydroxylation is 1. The van der Waals surface area contributed by atoms with E-state index in [-0.39, 0.29) is 5.28 Å². The fraction of sp³-hybridized carbons (Fsp3) is 0.154. The third-order valence-electron chi connectivity index (χ3n) is 3.07. The zero-order valence-corrected chi connectivity index (χ0v) is 11.1. The van der Waals surface area contributed by atoms with E-state index in [9.17, 15) is 0 Å². The Hall–Kier alpha value is -2.14. The molecule has 6 heteroatoms. The Labute approximate surface area is 115 Å². The van der Waals surface area contributed by atoms with E-state index in [0.29, 0.717) is 23.5 Å². The van der Waals surface area contributed by atoms with Crippen molar-refractivity contribution in [2.45, 2.75) is 13.5 Å². The predicted molar refractivity (Wildman–Crippen MR) is 75.0 cm³/mol. The van der Waals surface area contributed by atoms with Crippen LogP contribution < -0.4 is 5.73 Å². The lowest BCUT2D eigenvalue weighted by Crippen LogP contribution is -2.02. The summed E-state index contributed by atoms with van der Waals surface area (Å²) in [5, 5.41) is 0.136. The van der Waals surface area contributed by atoms with Crippen LogP contribution in [0.4, 0.5) is 5.82 Å². The molecule has 0 aliphatic carbocycles. The lowest BCUT2D eigenvalue weighted by Gasteiger charge is -2.07. The van der Waals surface area contributed by atoms with Gasteiger partial charge in [-0.3, -0.25) is 0 Å². The second kappa shape index (κ2) is 4.51. The summed E-state index contributed by atoms with van der Waals surface area (Å²) >= 11 is 5.84. The van der Waals surface area contributed by atoms with Crippen LogP contribution in [-0.4, -0.2) is 19.5 Å². The second-order valence-corrected chi connectivity index (χ2v) is 4.69. The lowest BCUT2D eigenvalue weighted by atomic mass is 10.1. The average Bonchev–Trinajstić information content (AvgIpc) is 2.76. The van der Waals surface area contributed by atoms with E-state index >= 15 is 0 Å². The van der Waals surface area contributed by atoms with Crippen molar-refractivity contribution in [2.75, 3.05) is 5.73 Å². The van der Waals surface area contributed by atoms with Crippen molar-refractivity contribution in [3.63, 3.8) is 0 Å². The van der Waals surface area contributed by atoms with Gasteiger partial charge in [-0.25, -0.2) is 4.98 Å². The smallest absolute Gasteiger partial charge is 0.226 e. The molecule has 2 N–H and O–H groups in total. The number of imidazole rings is 1. The molecular formula is C13H12ClN5. The molecule has 0 atom stereocenters. The van der Waals surface area contributed by atoms with Gasteiger partial charge in [-0.2, -0.15) is 9.97 Å². The molecule has 0 saturated carbocycles. The Morgan fingerprint density at radius 1 is 1.26 bits per heavy atom. The summed E-state index contributed by atoms with van der Waals surface area (Å²) in [7, 11) is 0. The van der Waals surface area contributed by atoms with Crippen LogP contribution >= 0.6 is 11.6 Å². The molecule has 3 rings (SSSR count). The van der Waals surface area contributed by atoms with Crippen molar-refractivity contribution in [2.24, 2.45) is 0 Å². The summed E-state index contributed by atoms with van der Waals surface area (Å²) in [5.41, 5.74) is 9.44. The molecular weight excluding hydrogens is 262 g/mol. The highest BCUT2D eigenvalue weighted by Gasteiger charge is 2.11. The second-order valence-electron chi connectivity index (χ2n) is 4.35. The van der Waals surface area contributed by atoms with E-state index in [1.165, 1.54) is 11.1 Å². The van der Waals surface area contributed by atoms with Crippen LogP contribution in [0.15, 0.2) is 30.6 Å². The number of benzene rings is 1. The molecule has 5 nitrogen and oxygen atoms in total. The van der Waals surface area contributed by atoms with E-state index in [0.717, 1.165) is 0 Å². The SMILES string of the molecule is Cc1ccccc1Cn1cnc2c(N)nc(Cl)nc21. The summed E-state index contributed by atoms with van der Waals surface area (Å²) in [5.74, 6) is 0.304. The van der Waals surface area contributed by atoms with E-state index in [2.05, 4.69) is 34.0 Å². The molecule has 2 aromatic heterocycles. The zero-order valence-electron chi connectivity index (χ0n) is 10.3. The van der Waals surface area contributed by atoms with Crippen LogP contribution in [0.1, 0.15) is 11.1 Å². The standard InChI is InChI=1S/C13H12ClN5/c1-8-4-2-3-5-9(8)6-19-7-16-10-11(15)17-13(14)18-12(10)19/h2-5,7H,6H2,1H3,(H2,15,17,18). The van der Waals surface area contributed by atoms with Crippen molar-refractivity contribution >= 4 is 28.6 Å². The fourth-order valence-corrected chi connectivity index (χ4v) is 2.20. The molecule has 0 aliphatic rings. The Morgan fingerprint density at radius 2 is 2.05 bits per heavy atom. The quantitative estimate of drug-likeness (QED) is 0.728. The van der Waals surface area contributed by atoms with E-state index in [4.69, 9.17) is 17.3 Å². The molecule has 19 heavy (non-hydrogen) atoms. The van der Waals surface area contributed by atoms with Crippen molar-refractivity contribution in [1.82, 2.24) is 19.5 Å². The lowest BCUT2D eigenvalue weighted by molar-refractivity contribution is 0.808. The average molecular weight is 274 g/mol. The highest BCUT2D eigenvalue weighted by Crippen LogP contribution is 2.19. The van der Waals surface area contributed by atoms with Crippen molar-refractivity contribution in [1.29, 1.82) is 0 Å². The number of anilines is 1. The van der Waals surface area contributed by atoms with Gasteiger partial charge >= 0.3 is 0 Å². The van der Waals surface area contributed by atoms with Gasteiger partial charge in [0.2, 0.25) is 5.28 Å². The van der Waals surface area contributed by atoms with Crippen LogP contribution in [0.3, 0.4) is 0 Å². The molecule has 96 valence electrons. The highest BCUT2D eigenvalue weighted by molar-refractivity contribution is 6.28. The number of fused-ring (bicyclic) bond motifs is 1. The minimum absolute atomic E-state index is 0.136. The number of rotatable bonds is 2. The maximum atomic E-state index is 5.84. The number of hydrogen-bond acceptors (Lipinski definition) is 4. The molecule has 0 radical (unpaired) electrons. The molecule has 1 aromatic carbocycles.